The molecular weight excluding hydrogens is 324 g/mol. The molecule has 5 heteroatoms. The molecule has 0 fully saturated rings. The maximum Gasteiger partial charge on any atom is 0.241 e. The van der Waals surface area contributed by atoms with Crippen molar-refractivity contribution in [2.75, 3.05) is 19.5 Å². The largest absolute Gasteiger partial charge is 0.496 e. The molecule has 0 radical (unpaired) electrons. The first kappa shape index (κ1) is 18.3. The zero-order chi connectivity index (χ0) is 17.7. The van der Waals surface area contributed by atoms with Crippen molar-refractivity contribution in [1.82, 2.24) is 4.90 Å². The van der Waals surface area contributed by atoms with E-state index in [1.165, 1.54) is 0 Å². The SMILES string of the molecule is COc1ccc(Cl)cc1CN(C)[C@@H](C)C(=O)Nc1cccc(C)c1. The van der Waals surface area contributed by atoms with Crippen LogP contribution >= 0.6 is 11.6 Å². The van der Waals surface area contributed by atoms with Gasteiger partial charge in [0.2, 0.25) is 5.91 Å². The fourth-order valence-corrected chi connectivity index (χ4v) is 2.64. The van der Waals surface area contributed by atoms with Crippen molar-refractivity contribution in [1.29, 1.82) is 0 Å². The highest BCUT2D eigenvalue weighted by atomic mass is 35.5. The predicted octanol–water partition coefficient (Wildman–Crippen LogP) is 4.12. The molecule has 1 atom stereocenters. The van der Waals surface area contributed by atoms with Crippen LogP contribution in [0.25, 0.3) is 0 Å². The van der Waals surface area contributed by atoms with Gasteiger partial charge in [0.1, 0.15) is 5.75 Å². The molecular formula is C19H23ClN2O2. The van der Waals surface area contributed by atoms with Gasteiger partial charge in [-0.1, -0.05) is 23.7 Å². The number of benzene rings is 2. The zero-order valence-corrected chi connectivity index (χ0v) is 15.2. The fourth-order valence-electron chi connectivity index (χ4n) is 2.45. The summed E-state index contributed by atoms with van der Waals surface area (Å²) in [4.78, 5) is 14.4. The van der Waals surface area contributed by atoms with Crippen molar-refractivity contribution >= 4 is 23.2 Å². The molecule has 128 valence electrons. The molecule has 1 N–H and O–H groups in total. The minimum atomic E-state index is -0.297. The van der Waals surface area contributed by atoms with E-state index < -0.39 is 0 Å². The topological polar surface area (TPSA) is 41.6 Å². The molecule has 2 rings (SSSR count). The van der Waals surface area contributed by atoms with Crippen LogP contribution in [0.15, 0.2) is 42.5 Å². The second-order valence-corrected chi connectivity index (χ2v) is 6.34. The van der Waals surface area contributed by atoms with E-state index in [-0.39, 0.29) is 11.9 Å². The Balaban J connectivity index is 2.05. The van der Waals surface area contributed by atoms with E-state index in [0.717, 1.165) is 22.6 Å². The molecule has 4 nitrogen and oxygen atoms in total. The molecule has 0 aliphatic carbocycles. The number of rotatable bonds is 6. The van der Waals surface area contributed by atoms with Crippen LogP contribution in [-0.2, 0) is 11.3 Å². The average molecular weight is 347 g/mol. The van der Waals surface area contributed by atoms with Crippen LogP contribution in [0, 0.1) is 6.92 Å². The van der Waals surface area contributed by atoms with Gasteiger partial charge in [-0.15, -0.1) is 0 Å². The van der Waals surface area contributed by atoms with Crippen molar-refractivity contribution in [3.63, 3.8) is 0 Å². The van der Waals surface area contributed by atoms with Crippen molar-refractivity contribution in [3.05, 3.63) is 58.6 Å². The monoisotopic (exact) mass is 346 g/mol. The van der Waals surface area contributed by atoms with E-state index in [0.29, 0.717) is 11.6 Å². The second-order valence-electron chi connectivity index (χ2n) is 5.91. The van der Waals surface area contributed by atoms with Gasteiger partial charge >= 0.3 is 0 Å². The number of carbonyl (C=O) groups excluding carboxylic acids is 1. The Morgan fingerprint density at radius 2 is 2.04 bits per heavy atom. The third-order valence-corrected chi connectivity index (χ3v) is 4.22. The van der Waals surface area contributed by atoms with E-state index in [2.05, 4.69) is 5.32 Å². The number of carbonyl (C=O) groups is 1. The Bertz CT molecular complexity index is 718. The van der Waals surface area contributed by atoms with Crippen LogP contribution in [0.5, 0.6) is 5.75 Å². The summed E-state index contributed by atoms with van der Waals surface area (Å²) >= 11 is 6.07. The third-order valence-electron chi connectivity index (χ3n) is 3.99. The van der Waals surface area contributed by atoms with Crippen LogP contribution in [0.3, 0.4) is 0 Å². The summed E-state index contributed by atoms with van der Waals surface area (Å²) in [6, 6.07) is 13.0. The summed E-state index contributed by atoms with van der Waals surface area (Å²) in [5.74, 6) is 0.710. The first-order chi connectivity index (χ1) is 11.4. The highest BCUT2D eigenvalue weighted by molar-refractivity contribution is 6.30. The number of hydrogen-bond donors (Lipinski definition) is 1. The normalized spacial score (nSPS) is 12.1. The van der Waals surface area contributed by atoms with Crippen LogP contribution in [0.4, 0.5) is 5.69 Å². The number of aryl methyl sites for hydroxylation is 1. The van der Waals surface area contributed by atoms with Crippen LogP contribution in [0.1, 0.15) is 18.1 Å². The van der Waals surface area contributed by atoms with Crippen molar-refractivity contribution in [3.8, 4) is 5.75 Å². The Hall–Kier alpha value is -2.04. The Labute approximate surface area is 148 Å². The first-order valence-corrected chi connectivity index (χ1v) is 8.18. The Morgan fingerprint density at radius 1 is 1.29 bits per heavy atom. The van der Waals surface area contributed by atoms with Crippen molar-refractivity contribution < 1.29 is 9.53 Å². The number of likely N-dealkylation sites (N-methyl/N-ethyl adjacent to an activating group) is 1. The molecule has 2 aromatic rings. The van der Waals surface area contributed by atoms with Crippen LogP contribution in [0.2, 0.25) is 5.02 Å². The summed E-state index contributed by atoms with van der Waals surface area (Å²) in [5.41, 5.74) is 2.86. The van der Waals surface area contributed by atoms with Crippen molar-refractivity contribution in [2.45, 2.75) is 26.4 Å². The molecule has 24 heavy (non-hydrogen) atoms. The van der Waals surface area contributed by atoms with E-state index in [4.69, 9.17) is 16.3 Å². The molecule has 0 saturated carbocycles. The number of hydrogen-bond acceptors (Lipinski definition) is 3. The second kappa shape index (κ2) is 8.18. The van der Waals surface area contributed by atoms with E-state index in [1.807, 2.05) is 62.2 Å². The quantitative estimate of drug-likeness (QED) is 0.855. The number of nitrogens with one attached hydrogen (secondary N) is 1. The lowest BCUT2D eigenvalue weighted by Gasteiger charge is -2.25. The number of anilines is 1. The number of amides is 1. The van der Waals surface area contributed by atoms with Gasteiger partial charge in [0.25, 0.3) is 0 Å². The number of nitrogens with zero attached hydrogens (tertiary/aromatic N) is 1. The maximum absolute atomic E-state index is 12.5. The van der Waals surface area contributed by atoms with Gasteiger partial charge in [-0.25, -0.2) is 0 Å². The molecule has 0 aromatic heterocycles. The molecule has 0 unspecified atom stereocenters. The van der Waals surface area contributed by atoms with Gasteiger partial charge in [-0.05, 0) is 56.8 Å². The van der Waals surface area contributed by atoms with Gasteiger partial charge in [0.15, 0.2) is 0 Å². The fraction of sp³-hybridized carbons (Fsp3) is 0.316. The molecule has 0 aliphatic heterocycles. The van der Waals surface area contributed by atoms with E-state index >= 15 is 0 Å². The maximum atomic E-state index is 12.5. The van der Waals surface area contributed by atoms with Gasteiger partial charge in [-0.2, -0.15) is 0 Å². The molecule has 0 spiro atoms. The summed E-state index contributed by atoms with van der Waals surface area (Å²) in [6.45, 7) is 4.44. The number of ether oxygens (including phenoxy) is 1. The summed E-state index contributed by atoms with van der Waals surface area (Å²) in [5, 5.41) is 3.60. The zero-order valence-electron chi connectivity index (χ0n) is 14.5. The molecule has 0 aliphatic rings. The Morgan fingerprint density at radius 3 is 2.71 bits per heavy atom. The Kier molecular flexibility index (Phi) is 6.23. The van der Waals surface area contributed by atoms with E-state index in [1.54, 1.807) is 13.2 Å². The van der Waals surface area contributed by atoms with Gasteiger partial charge < -0.3 is 10.1 Å². The summed E-state index contributed by atoms with van der Waals surface area (Å²) in [7, 11) is 3.53. The average Bonchev–Trinajstić information content (AvgIpc) is 2.54. The van der Waals surface area contributed by atoms with Gasteiger partial charge in [0.05, 0.1) is 13.2 Å². The molecule has 0 heterocycles. The minimum absolute atomic E-state index is 0.0518. The molecule has 0 bridgehead atoms. The van der Waals surface area contributed by atoms with E-state index in [9.17, 15) is 4.79 Å². The highest BCUT2D eigenvalue weighted by Gasteiger charge is 2.19. The van der Waals surface area contributed by atoms with Crippen LogP contribution < -0.4 is 10.1 Å². The number of methoxy groups -OCH3 is 1. The van der Waals surface area contributed by atoms with Gasteiger partial charge in [-0.3, -0.25) is 9.69 Å². The predicted molar refractivity (Wildman–Crippen MR) is 98.7 cm³/mol. The highest BCUT2D eigenvalue weighted by Crippen LogP contribution is 2.24. The number of halogens is 1. The summed E-state index contributed by atoms with van der Waals surface area (Å²) in [6.07, 6.45) is 0. The molecule has 0 saturated heterocycles. The van der Waals surface area contributed by atoms with Crippen LogP contribution in [-0.4, -0.2) is 31.0 Å². The minimum Gasteiger partial charge on any atom is -0.496 e. The third kappa shape index (κ3) is 4.73. The first-order valence-electron chi connectivity index (χ1n) is 7.81. The lowest BCUT2D eigenvalue weighted by atomic mass is 10.1. The standard InChI is InChI=1S/C19H23ClN2O2/c1-13-6-5-7-17(10-13)21-19(23)14(2)22(3)12-15-11-16(20)8-9-18(15)24-4/h5-11,14H,12H2,1-4H3,(H,21,23)/t14-/m0/s1. The lowest BCUT2D eigenvalue weighted by molar-refractivity contribution is -0.120. The van der Waals surface area contributed by atoms with Gasteiger partial charge in [0, 0.05) is 22.8 Å². The molecule has 1 amide bonds. The lowest BCUT2D eigenvalue weighted by Crippen LogP contribution is -2.39. The smallest absolute Gasteiger partial charge is 0.241 e. The summed E-state index contributed by atoms with van der Waals surface area (Å²) < 4.78 is 5.36. The van der Waals surface area contributed by atoms with Crippen molar-refractivity contribution in [2.24, 2.45) is 0 Å². The molecule has 2 aromatic carbocycles.